The maximum Gasteiger partial charge on any atom is 0.306 e. The van der Waals surface area contributed by atoms with Crippen molar-refractivity contribution in [2.45, 2.75) is 87.7 Å². The quantitative estimate of drug-likeness (QED) is 0.164. The van der Waals surface area contributed by atoms with E-state index in [9.17, 15) is 24.3 Å². The highest BCUT2D eigenvalue weighted by atomic mass is 79.9. The molecule has 3 amide bonds. The maximum atomic E-state index is 14.5. The number of benzene rings is 1. The minimum atomic E-state index is -1.27. The topological polar surface area (TPSA) is 125 Å². The molecule has 1 aromatic rings. The van der Waals surface area contributed by atoms with Gasteiger partial charge in [0, 0.05) is 23.8 Å². The first-order valence-electron chi connectivity index (χ1n) is 15.7. The molecule has 8 atom stereocenters. The van der Waals surface area contributed by atoms with Crippen LogP contribution in [0.1, 0.15) is 58.6 Å². The number of halogens is 1. The summed E-state index contributed by atoms with van der Waals surface area (Å²) in [5.74, 6) is -3.54. The molecule has 0 saturated carbocycles. The van der Waals surface area contributed by atoms with Crippen molar-refractivity contribution in [2.75, 3.05) is 19.8 Å². The number of nitrogens with zero attached hydrogens (tertiary/aromatic N) is 2. The van der Waals surface area contributed by atoms with E-state index in [4.69, 9.17) is 9.47 Å². The van der Waals surface area contributed by atoms with Crippen LogP contribution in [0.4, 0.5) is 0 Å². The molecule has 4 rings (SSSR count). The number of aliphatic hydroxyl groups is 1. The summed E-state index contributed by atoms with van der Waals surface area (Å²) >= 11 is 3.71. The van der Waals surface area contributed by atoms with Gasteiger partial charge in [0.1, 0.15) is 18.2 Å². The lowest BCUT2D eigenvalue weighted by atomic mass is 9.70. The van der Waals surface area contributed by atoms with Gasteiger partial charge >= 0.3 is 5.97 Å². The number of carbonyl (C=O) groups is 4. The SMILES string of the molecule is C=CCCC(=O)OC[C@@H](NC(=O)[C@H]1[C@@H]2O[C@@]3(CC2Br)[C@@H]1C(=O)N([C@@H](CO)C(C)C)[C@@H]3C(=O)N(CC=C)C(C)C)c1ccccc1. The van der Waals surface area contributed by atoms with Crippen molar-refractivity contribution >= 4 is 39.6 Å². The van der Waals surface area contributed by atoms with Crippen LogP contribution in [-0.2, 0) is 28.7 Å². The predicted octanol–water partition coefficient (Wildman–Crippen LogP) is 3.54. The monoisotopic (exact) mass is 687 g/mol. The van der Waals surface area contributed by atoms with E-state index in [0.29, 0.717) is 12.8 Å². The third-order valence-corrected chi connectivity index (χ3v) is 10.1. The fourth-order valence-corrected chi connectivity index (χ4v) is 8.06. The van der Waals surface area contributed by atoms with Gasteiger partial charge in [-0.15, -0.1) is 13.2 Å². The van der Waals surface area contributed by atoms with Crippen LogP contribution in [-0.4, -0.2) is 93.0 Å². The summed E-state index contributed by atoms with van der Waals surface area (Å²) < 4.78 is 12.2. The number of hydrogen-bond acceptors (Lipinski definition) is 7. The molecular weight excluding hydrogens is 642 g/mol. The Kier molecular flexibility index (Phi) is 11.3. The van der Waals surface area contributed by atoms with Crippen LogP contribution in [0, 0.1) is 17.8 Å². The Morgan fingerprint density at radius 1 is 1.20 bits per heavy atom. The fourth-order valence-electron chi connectivity index (χ4n) is 7.12. The van der Waals surface area contributed by atoms with Gasteiger partial charge in [-0.1, -0.05) is 72.3 Å². The van der Waals surface area contributed by atoms with Gasteiger partial charge in [-0.25, -0.2) is 0 Å². The second-order valence-electron chi connectivity index (χ2n) is 12.8. The van der Waals surface area contributed by atoms with Crippen molar-refractivity contribution in [2.24, 2.45) is 17.8 Å². The molecular formula is C34H46BrN3O7. The van der Waals surface area contributed by atoms with E-state index in [1.165, 1.54) is 4.90 Å². The zero-order valence-corrected chi connectivity index (χ0v) is 28.1. The van der Waals surface area contributed by atoms with E-state index in [1.807, 2.05) is 58.0 Å². The normalized spacial score (nSPS) is 28.1. The molecule has 246 valence electrons. The molecule has 45 heavy (non-hydrogen) atoms. The summed E-state index contributed by atoms with van der Waals surface area (Å²) in [5, 5.41) is 13.5. The van der Waals surface area contributed by atoms with Crippen LogP contribution in [0.5, 0.6) is 0 Å². The highest BCUT2D eigenvalue weighted by Gasteiger charge is 2.77. The third-order valence-electron chi connectivity index (χ3n) is 9.29. The molecule has 3 aliphatic heterocycles. The molecule has 3 heterocycles. The number of alkyl halides is 1. The van der Waals surface area contributed by atoms with Crippen molar-refractivity contribution in [3.05, 3.63) is 61.2 Å². The average molecular weight is 689 g/mol. The Labute approximate surface area is 274 Å². The van der Waals surface area contributed by atoms with Gasteiger partial charge in [0.15, 0.2) is 0 Å². The Morgan fingerprint density at radius 2 is 1.89 bits per heavy atom. The van der Waals surface area contributed by atoms with Gasteiger partial charge < -0.3 is 29.7 Å². The standard InChI is InChI=1S/C34H46BrN3O7/c1-7-9-15-26(40)44-19-24(22-13-11-10-12-14-22)36-31(41)27-28-32(42)38(25(18-39)20(3)4)30(33(43)37(16-8-2)21(5)6)34(28)17-23(35)29(27)45-34/h7-8,10-14,20-21,23-25,27-30,39H,1-2,9,15-19H2,3-6H3,(H,36,41)/t23?,24-,25+,27-,28+,29-,30-,34+/m1/s1. The molecule has 2 bridgehead atoms. The summed E-state index contributed by atoms with van der Waals surface area (Å²) in [7, 11) is 0. The maximum absolute atomic E-state index is 14.5. The van der Waals surface area contributed by atoms with E-state index >= 15 is 0 Å². The summed E-state index contributed by atoms with van der Waals surface area (Å²) in [6.45, 7) is 14.9. The molecule has 2 N–H and O–H groups in total. The van der Waals surface area contributed by atoms with E-state index < -0.39 is 53.5 Å². The number of nitrogens with one attached hydrogen (secondary N) is 1. The van der Waals surface area contributed by atoms with Gasteiger partial charge in [-0.05, 0) is 38.2 Å². The number of esters is 1. The first kappa shape index (κ1) is 34.8. The Bertz CT molecular complexity index is 1270. The highest BCUT2D eigenvalue weighted by Crippen LogP contribution is 2.60. The molecule has 3 fully saturated rings. The number of aliphatic hydroxyl groups excluding tert-OH is 1. The zero-order valence-electron chi connectivity index (χ0n) is 26.6. The summed E-state index contributed by atoms with van der Waals surface area (Å²) in [6, 6.07) is 6.63. The van der Waals surface area contributed by atoms with Crippen molar-refractivity contribution in [3.63, 3.8) is 0 Å². The highest BCUT2D eigenvalue weighted by molar-refractivity contribution is 9.09. The number of likely N-dealkylation sites (tertiary alicyclic amines) is 1. The molecule has 3 aliphatic rings. The smallest absolute Gasteiger partial charge is 0.306 e. The minimum Gasteiger partial charge on any atom is -0.463 e. The molecule has 10 nitrogen and oxygen atoms in total. The molecule has 11 heteroatoms. The molecule has 1 unspecified atom stereocenters. The van der Waals surface area contributed by atoms with Crippen LogP contribution in [0.2, 0.25) is 0 Å². The van der Waals surface area contributed by atoms with Crippen LogP contribution >= 0.6 is 15.9 Å². The van der Waals surface area contributed by atoms with E-state index in [2.05, 4.69) is 34.4 Å². The number of fused-ring (bicyclic) bond motifs is 1. The van der Waals surface area contributed by atoms with E-state index in [-0.39, 0.29) is 54.8 Å². The number of amides is 3. The minimum absolute atomic E-state index is 0.0937. The third kappa shape index (κ3) is 6.62. The number of rotatable bonds is 15. The van der Waals surface area contributed by atoms with Gasteiger partial charge in [0.25, 0.3) is 0 Å². The van der Waals surface area contributed by atoms with Gasteiger partial charge in [-0.2, -0.15) is 0 Å². The van der Waals surface area contributed by atoms with Crippen LogP contribution in [0.25, 0.3) is 0 Å². The van der Waals surface area contributed by atoms with E-state index in [0.717, 1.165) is 5.56 Å². The number of carbonyl (C=O) groups excluding carboxylic acids is 4. The Morgan fingerprint density at radius 3 is 2.47 bits per heavy atom. The Balaban J connectivity index is 1.71. The van der Waals surface area contributed by atoms with Crippen LogP contribution in [0.15, 0.2) is 55.6 Å². The van der Waals surface area contributed by atoms with Gasteiger partial charge in [0.2, 0.25) is 17.7 Å². The second-order valence-corrected chi connectivity index (χ2v) is 13.9. The zero-order chi connectivity index (χ0) is 33.1. The first-order valence-corrected chi connectivity index (χ1v) is 16.6. The van der Waals surface area contributed by atoms with Crippen LogP contribution in [0.3, 0.4) is 0 Å². The van der Waals surface area contributed by atoms with Gasteiger partial charge in [0.05, 0.1) is 36.6 Å². The second kappa shape index (κ2) is 14.6. The van der Waals surface area contributed by atoms with Crippen molar-refractivity contribution in [1.29, 1.82) is 0 Å². The summed E-state index contributed by atoms with van der Waals surface area (Å²) in [4.78, 5) is 58.4. The van der Waals surface area contributed by atoms with Crippen molar-refractivity contribution in [3.8, 4) is 0 Å². The molecule has 1 spiro atoms. The molecule has 3 saturated heterocycles. The summed E-state index contributed by atoms with van der Waals surface area (Å²) in [6.07, 6.45) is 3.62. The number of ether oxygens (including phenoxy) is 2. The predicted molar refractivity (Wildman–Crippen MR) is 173 cm³/mol. The van der Waals surface area contributed by atoms with Crippen molar-refractivity contribution in [1.82, 2.24) is 15.1 Å². The Hall–Kier alpha value is -3.02. The van der Waals surface area contributed by atoms with Crippen LogP contribution < -0.4 is 5.32 Å². The molecule has 0 aliphatic carbocycles. The lowest BCUT2D eigenvalue weighted by Gasteiger charge is -2.41. The number of hydrogen-bond donors (Lipinski definition) is 2. The first-order chi connectivity index (χ1) is 21.4. The summed E-state index contributed by atoms with van der Waals surface area (Å²) in [5.41, 5.74) is -0.536. The van der Waals surface area contributed by atoms with E-state index in [1.54, 1.807) is 17.1 Å². The van der Waals surface area contributed by atoms with Crippen molar-refractivity contribution < 1.29 is 33.8 Å². The van der Waals surface area contributed by atoms with Gasteiger partial charge in [-0.3, -0.25) is 19.2 Å². The molecule has 0 aromatic heterocycles. The average Bonchev–Trinajstić information content (AvgIpc) is 3.60. The molecule has 0 radical (unpaired) electrons. The number of allylic oxidation sites excluding steroid dienone is 1. The fraction of sp³-hybridized carbons (Fsp3) is 0.588. The molecule has 1 aromatic carbocycles. The lowest BCUT2D eigenvalue weighted by Crippen LogP contribution is -2.60. The largest absolute Gasteiger partial charge is 0.463 e. The lowest BCUT2D eigenvalue weighted by molar-refractivity contribution is -0.153.